The Kier molecular flexibility index (Phi) is 5.91. The van der Waals surface area contributed by atoms with Gasteiger partial charge in [-0.3, -0.25) is 0 Å². The summed E-state index contributed by atoms with van der Waals surface area (Å²) in [6.45, 7) is 10.7. The van der Waals surface area contributed by atoms with Crippen molar-refractivity contribution < 1.29 is 0 Å². The van der Waals surface area contributed by atoms with E-state index in [0.717, 1.165) is 43.3 Å². The smallest absolute Gasteiger partial charge is 0.245 e. The molecule has 0 aromatic carbocycles. The zero-order valence-corrected chi connectivity index (χ0v) is 13.9. The molecule has 1 aliphatic heterocycles. The van der Waals surface area contributed by atoms with Crippen molar-refractivity contribution in [1.29, 1.82) is 0 Å². The van der Waals surface area contributed by atoms with Crippen LogP contribution in [-0.2, 0) is 12.8 Å². The fourth-order valence-electron chi connectivity index (χ4n) is 3.23. The van der Waals surface area contributed by atoms with E-state index in [1.54, 1.807) is 0 Å². The summed E-state index contributed by atoms with van der Waals surface area (Å²) in [5.41, 5.74) is 2.14. The van der Waals surface area contributed by atoms with Gasteiger partial charge in [0.15, 0.2) is 0 Å². The molecule has 0 amide bonds. The molecule has 2 unspecified atom stereocenters. The third-order valence-electron chi connectivity index (χ3n) is 4.41. The molecule has 2 heterocycles. The van der Waals surface area contributed by atoms with Crippen LogP contribution in [0.1, 0.15) is 58.3 Å². The Labute approximate surface area is 128 Å². The van der Waals surface area contributed by atoms with E-state index < -0.39 is 0 Å². The van der Waals surface area contributed by atoms with Gasteiger partial charge in [0.25, 0.3) is 0 Å². The minimum absolute atomic E-state index is 0.454. The van der Waals surface area contributed by atoms with Crippen LogP contribution in [0.5, 0.6) is 0 Å². The number of rotatable bonds is 6. The lowest BCUT2D eigenvalue weighted by Crippen LogP contribution is -2.52. The Morgan fingerprint density at radius 3 is 2.57 bits per heavy atom. The van der Waals surface area contributed by atoms with Crippen molar-refractivity contribution in [1.82, 2.24) is 20.5 Å². The number of piperidine rings is 1. The van der Waals surface area contributed by atoms with Crippen LogP contribution < -0.4 is 10.2 Å². The average molecular weight is 291 g/mol. The van der Waals surface area contributed by atoms with Gasteiger partial charge in [0.05, 0.1) is 11.4 Å². The fourth-order valence-corrected chi connectivity index (χ4v) is 3.23. The van der Waals surface area contributed by atoms with Crippen LogP contribution >= 0.6 is 0 Å². The molecule has 0 spiro atoms. The Balaban J connectivity index is 2.24. The van der Waals surface area contributed by atoms with E-state index in [9.17, 15) is 0 Å². The van der Waals surface area contributed by atoms with Crippen molar-refractivity contribution in [3.8, 4) is 0 Å². The van der Waals surface area contributed by atoms with Gasteiger partial charge in [0, 0.05) is 18.6 Å². The van der Waals surface area contributed by atoms with Crippen LogP contribution in [0.3, 0.4) is 0 Å². The minimum Gasteiger partial charge on any atom is -0.335 e. The van der Waals surface area contributed by atoms with Crippen LogP contribution in [0.4, 0.5) is 5.95 Å². The van der Waals surface area contributed by atoms with Gasteiger partial charge in [-0.2, -0.15) is 5.10 Å². The van der Waals surface area contributed by atoms with Gasteiger partial charge in [-0.05, 0) is 45.6 Å². The average Bonchev–Trinajstić information content (AvgIpc) is 2.54. The van der Waals surface area contributed by atoms with Crippen LogP contribution in [-0.4, -0.2) is 40.4 Å². The molecule has 5 nitrogen and oxygen atoms in total. The van der Waals surface area contributed by atoms with Crippen molar-refractivity contribution >= 4 is 5.95 Å². The van der Waals surface area contributed by atoms with Gasteiger partial charge in [-0.1, -0.05) is 20.8 Å². The summed E-state index contributed by atoms with van der Waals surface area (Å²) in [5, 5.41) is 12.4. The van der Waals surface area contributed by atoms with E-state index in [-0.39, 0.29) is 0 Å². The Hall–Kier alpha value is -1.23. The maximum atomic E-state index is 4.80. The minimum atomic E-state index is 0.454. The number of anilines is 1. The predicted octanol–water partition coefficient (Wildman–Crippen LogP) is 2.35. The summed E-state index contributed by atoms with van der Waals surface area (Å²) >= 11 is 0. The number of hydrogen-bond acceptors (Lipinski definition) is 5. The van der Waals surface area contributed by atoms with Crippen molar-refractivity contribution in [2.45, 2.75) is 71.9 Å². The van der Waals surface area contributed by atoms with E-state index in [1.807, 2.05) is 0 Å². The summed E-state index contributed by atoms with van der Waals surface area (Å²) in [4.78, 5) is 7.17. The second-order valence-corrected chi connectivity index (χ2v) is 5.82. The molecule has 0 bridgehead atoms. The van der Waals surface area contributed by atoms with Crippen molar-refractivity contribution in [2.75, 3.05) is 18.0 Å². The number of hydrogen-bond donors (Lipinski definition) is 1. The molecule has 0 radical (unpaired) electrons. The van der Waals surface area contributed by atoms with Crippen molar-refractivity contribution in [3.63, 3.8) is 0 Å². The third kappa shape index (κ3) is 3.70. The molecule has 2 atom stereocenters. The maximum absolute atomic E-state index is 4.80. The molecule has 118 valence electrons. The number of aryl methyl sites for hydroxylation is 2. The van der Waals surface area contributed by atoms with E-state index in [0.29, 0.717) is 12.1 Å². The first-order chi connectivity index (χ1) is 10.2. The van der Waals surface area contributed by atoms with E-state index >= 15 is 0 Å². The topological polar surface area (TPSA) is 53.9 Å². The zero-order valence-electron chi connectivity index (χ0n) is 13.9. The monoisotopic (exact) mass is 291 g/mol. The first-order valence-electron chi connectivity index (χ1n) is 8.43. The molecule has 1 N–H and O–H groups in total. The summed E-state index contributed by atoms with van der Waals surface area (Å²) in [6, 6.07) is 0.924. The van der Waals surface area contributed by atoms with Crippen molar-refractivity contribution in [3.05, 3.63) is 11.4 Å². The number of nitrogens with zero attached hydrogens (tertiary/aromatic N) is 4. The molecule has 1 saturated heterocycles. The summed E-state index contributed by atoms with van der Waals surface area (Å²) in [6.07, 6.45) is 5.54. The summed E-state index contributed by atoms with van der Waals surface area (Å²) in [5.74, 6) is 0.818. The molecule has 1 aromatic heterocycles. The first-order valence-corrected chi connectivity index (χ1v) is 8.43. The lowest BCUT2D eigenvalue weighted by atomic mass is 9.97. The van der Waals surface area contributed by atoms with E-state index in [1.165, 1.54) is 19.3 Å². The van der Waals surface area contributed by atoms with E-state index in [2.05, 4.69) is 48.1 Å². The molecule has 1 fully saturated rings. The van der Waals surface area contributed by atoms with E-state index in [4.69, 9.17) is 4.98 Å². The van der Waals surface area contributed by atoms with Gasteiger partial charge < -0.3 is 10.2 Å². The SMILES string of the molecule is CCNC(C)C1CCCCN1c1nnc(CC)c(CC)n1. The second-order valence-electron chi connectivity index (χ2n) is 5.82. The zero-order chi connectivity index (χ0) is 15.2. The summed E-state index contributed by atoms with van der Waals surface area (Å²) in [7, 11) is 0. The van der Waals surface area contributed by atoms with Crippen molar-refractivity contribution in [2.24, 2.45) is 0 Å². The molecule has 2 rings (SSSR count). The van der Waals surface area contributed by atoms with Crippen LogP contribution in [0.15, 0.2) is 0 Å². The highest BCUT2D eigenvalue weighted by molar-refractivity contribution is 5.33. The number of likely N-dealkylation sites (N-methyl/N-ethyl adjacent to an activating group) is 1. The Morgan fingerprint density at radius 2 is 1.90 bits per heavy atom. The Bertz CT molecular complexity index is 448. The molecular formula is C16H29N5. The lowest BCUT2D eigenvalue weighted by Gasteiger charge is -2.39. The molecule has 1 aromatic rings. The van der Waals surface area contributed by atoms with Gasteiger partial charge in [0.2, 0.25) is 5.95 Å². The molecule has 0 aliphatic carbocycles. The van der Waals surface area contributed by atoms with Gasteiger partial charge in [-0.25, -0.2) is 4.98 Å². The number of nitrogens with one attached hydrogen (secondary N) is 1. The van der Waals surface area contributed by atoms with Crippen LogP contribution in [0.2, 0.25) is 0 Å². The van der Waals surface area contributed by atoms with Gasteiger partial charge in [0.1, 0.15) is 0 Å². The van der Waals surface area contributed by atoms with Crippen LogP contribution in [0, 0.1) is 0 Å². The van der Waals surface area contributed by atoms with Gasteiger partial charge in [-0.15, -0.1) is 5.10 Å². The molecule has 5 heteroatoms. The summed E-state index contributed by atoms with van der Waals surface area (Å²) < 4.78 is 0. The highest BCUT2D eigenvalue weighted by Crippen LogP contribution is 2.24. The molecular weight excluding hydrogens is 262 g/mol. The molecule has 21 heavy (non-hydrogen) atoms. The lowest BCUT2D eigenvalue weighted by molar-refractivity contribution is 0.367. The maximum Gasteiger partial charge on any atom is 0.245 e. The first kappa shape index (κ1) is 16.1. The normalized spacial score (nSPS) is 20.6. The highest BCUT2D eigenvalue weighted by Gasteiger charge is 2.29. The Morgan fingerprint density at radius 1 is 1.14 bits per heavy atom. The fraction of sp³-hybridized carbons (Fsp3) is 0.812. The quantitative estimate of drug-likeness (QED) is 0.872. The highest BCUT2D eigenvalue weighted by atomic mass is 15.3. The van der Waals surface area contributed by atoms with Crippen LogP contribution in [0.25, 0.3) is 0 Å². The largest absolute Gasteiger partial charge is 0.335 e. The predicted molar refractivity (Wildman–Crippen MR) is 86.7 cm³/mol. The molecule has 0 saturated carbocycles. The van der Waals surface area contributed by atoms with Gasteiger partial charge >= 0.3 is 0 Å². The molecule has 1 aliphatic rings. The number of aromatic nitrogens is 3. The second kappa shape index (κ2) is 7.69. The third-order valence-corrected chi connectivity index (χ3v) is 4.41. The standard InChI is InChI=1S/C16H29N5/c1-5-13-14(6-2)19-20-16(18-13)21-11-9-8-10-15(21)12(4)17-7-3/h12,15,17H,5-11H2,1-4H3.